The van der Waals surface area contributed by atoms with Crippen molar-refractivity contribution < 1.29 is 44.2 Å². The molecule has 0 amide bonds. The number of carbonyl (C=O) groups excluding carboxylic acids is 2. The number of ether oxygens (including phenoxy) is 3. The molecule has 0 aromatic rings. The van der Waals surface area contributed by atoms with E-state index in [0.717, 1.165) is 0 Å². The molecule has 9 nitrogen and oxygen atoms in total. The highest BCUT2D eigenvalue weighted by atomic mass is 16.6. The Morgan fingerprint density at radius 2 is 1.09 bits per heavy atom. The highest BCUT2D eigenvalue weighted by Gasteiger charge is 2.14. The molecule has 0 rings (SSSR count). The van der Waals surface area contributed by atoms with Crippen LogP contribution in [0.2, 0.25) is 0 Å². The summed E-state index contributed by atoms with van der Waals surface area (Å²) in [5, 5.41) is 36.9. The SMILES string of the molecule is C[C@H](O)CC(=O)OCC(O)COCC(O)COC(=O)C[C@@H](C)O. The summed E-state index contributed by atoms with van der Waals surface area (Å²) in [6, 6.07) is 0. The van der Waals surface area contributed by atoms with Crippen LogP contribution in [0.5, 0.6) is 0 Å². The fraction of sp³-hybridized carbons (Fsp3) is 0.857. The Labute approximate surface area is 134 Å². The van der Waals surface area contributed by atoms with Gasteiger partial charge in [-0.3, -0.25) is 9.59 Å². The first kappa shape index (κ1) is 21.7. The lowest BCUT2D eigenvalue weighted by atomic mass is 10.3. The maximum Gasteiger partial charge on any atom is 0.308 e. The Morgan fingerprint density at radius 3 is 1.39 bits per heavy atom. The van der Waals surface area contributed by atoms with Crippen molar-refractivity contribution in [3.8, 4) is 0 Å². The van der Waals surface area contributed by atoms with E-state index in [1.165, 1.54) is 13.8 Å². The summed E-state index contributed by atoms with van der Waals surface area (Å²) in [7, 11) is 0. The van der Waals surface area contributed by atoms with Gasteiger partial charge in [-0.05, 0) is 13.8 Å². The van der Waals surface area contributed by atoms with Crippen LogP contribution in [-0.4, -0.2) is 83.2 Å². The van der Waals surface area contributed by atoms with Gasteiger partial charge in [0.2, 0.25) is 0 Å². The molecule has 0 aliphatic carbocycles. The first-order valence-electron chi connectivity index (χ1n) is 7.32. The highest BCUT2D eigenvalue weighted by Crippen LogP contribution is 1.98. The van der Waals surface area contributed by atoms with Gasteiger partial charge >= 0.3 is 11.9 Å². The van der Waals surface area contributed by atoms with Crippen molar-refractivity contribution in [2.45, 2.75) is 51.1 Å². The molecule has 0 saturated heterocycles. The van der Waals surface area contributed by atoms with Gasteiger partial charge in [0.05, 0.1) is 38.3 Å². The molecular weight excluding hydrogens is 312 g/mol. The summed E-state index contributed by atoms with van der Waals surface area (Å²) in [5.74, 6) is -1.27. The molecule has 4 atom stereocenters. The lowest BCUT2D eigenvalue weighted by Crippen LogP contribution is -2.29. The van der Waals surface area contributed by atoms with Crippen LogP contribution >= 0.6 is 0 Å². The first-order chi connectivity index (χ1) is 10.7. The molecular formula is C14H26O9. The number of hydrogen-bond donors (Lipinski definition) is 4. The predicted molar refractivity (Wildman–Crippen MR) is 77.3 cm³/mol. The molecule has 0 aliphatic heterocycles. The Kier molecular flexibility index (Phi) is 11.5. The van der Waals surface area contributed by atoms with Gasteiger partial charge in [-0.1, -0.05) is 0 Å². The minimum Gasteiger partial charge on any atom is -0.463 e. The topological polar surface area (TPSA) is 143 Å². The Hall–Kier alpha value is -1.26. The molecule has 0 saturated carbocycles. The minimum atomic E-state index is -1.07. The van der Waals surface area contributed by atoms with Crippen molar-refractivity contribution in [1.82, 2.24) is 0 Å². The molecule has 0 heterocycles. The summed E-state index contributed by atoms with van der Waals surface area (Å²) in [6.45, 7) is 1.95. The van der Waals surface area contributed by atoms with Gasteiger partial charge in [0.1, 0.15) is 25.4 Å². The molecule has 0 aromatic carbocycles. The molecule has 2 unspecified atom stereocenters. The molecule has 0 radical (unpaired) electrons. The Bertz CT molecular complexity index is 311. The third kappa shape index (κ3) is 14.1. The molecule has 0 spiro atoms. The average molecular weight is 338 g/mol. The van der Waals surface area contributed by atoms with Crippen molar-refractivity contribution in [2.75, 3.05) is 26.4 Å². The number of rotatable bonds is 12. The lowest BCUT2D eigenvalue weighted by Gasteiger charge is -2.15. The summed E-state index contributed by atoms with van der Waals surface area (Å²) in [6.07, 6.45) is -4.10. The molecule has 9 heteroatoms. The van der Waals surface area contributed by atoms with E-state index in [-0.39, 0.29) is 39.3 Å². The molecule has 0 aromatic heterocycles. The first-order valence-corrected chi connectivity index (χ1v) is 7.32. The summed E-state index contributed by atoms with van der Waals surface area (Å²) < 4.78 is 14.4. The third-order valence-corrected chi connectivity index (χ3v) is 2.42. The number of esters is 2. The van der Waals surface area contributed by atoms with Crippen molar-refractivity contribution >= 4 is 11.9 Å². The quantitative estimate of drug-likeness (QED) is 0.308. The van der Waals surface area contributed by atoms with E-state index in [4.69, 9.17) is 24.4 Å². The van der Waals surface area contributed by atoms with E-state index < -0.39 is 36.4 Å². The van der Waals surface area contributed by atoms with Crippen molar-refractivity contribution in [3.05, 3.63) is 0 Å². The second kappa shape index (κ2) is 12.2. The smallest absolute Gasteiger partial charge is 0.308 e. The third-order valence-electron chi connectivity index (χ3n) is 2.42. The van der Waals surface area contributed by atoms with E-state index in [1.807, 2.05) is 0 Å². The zero-order chi connectivity index (χ0) is 17.8. The molecule has 0 bridgehead atoms. The van der Waals surface area contributed by atoms with Gasteiger partial charge in [0, 0.05) is 0 Å². The van der Waals surface area contributed by atoms with E-state index in [2.05, 4.69) is 0 Å². The van der Waals surface area contributed by atoms with Crippen LogP contribution in [0.3, 0.4) is 0 Å². The van der Waals surface area contributed by atoms with E-state index in [1.54, 1.807) is 0 Å². The maximum absolute atomic E-state index is 11.1. The second-order valence-electron chi connectivity index (χ2n) is 5.32. The van der Waals surface area contributed by atoms with Gasteiger partial charge in [-0.2, -0.15) is 0 Å². The van der Waals surface area contributed by atoms with Crippen LogP contribution in [0, 0.1) is 0 Å². The standard InChI is InChI=1S/C14H26O9/c1-9(15)3-13(19)22-7-11(17)5-21-6-12(18)8-23-14(20)4-10(2)16/h9-12,15-18H,3-8H2,1-2H3/t9-,10+,11?,12?. The maximum atomic E-state index is 11.1. The van der Waals surface area contributed by atoms with Gasteiger partial charge in [-0.15, -0.1) is 0 Å². The fourth-order valence-electron chi connectivity index (χ4n) is 1.41. The van der Waals surface area contributed by atoms with Crippen molar-refractivity contribution in [1.29, 1.82) is 0 Å². The minimum absolute atomic E-state index is 0.163. The zero-order valence-corrected chi connectivity index (χ0v) is 13.4. The van der Waals surface area contributed by atoms with Crippen LogP contribution in [0.4, 0.5) is 0 Å². The monoisotopic (exact) mass is 338 g/mol. The zero-order valence-electron chi connectivity index (χ0n) is 13.4. The Morgan fingerprint density at radius 1 is 0.739 bits per heavy atom. The van der Waals surface area contributed by atoms with Crippen LogP contribution in [0.15, 0.2) is 0 Å². The van der Waals surface area contributed by atoms with Gasteiger partial charge in [0.25, 0.3) is 0 Å². The summed E-state index contributed by atoms with van der Waals surface area (Å²) in [4.78, 5) is 22.2. The summed E-state index contributed by atoms with van der Waals surface area (Å²) >= 11 is 0. The molecule has 136 valence electrons. The van der Waals surface area contributed by atoms with Crippen molar-refractivity contribution in [2.24, 2.45) is 0 Å². The highest BCUT2D eigenvalue weighted by molar-refractivity contribution is 5.70. The van der Waals surface area contributed by atoms with Crippen LogP contribution in [0.1, 0.15) is 26.7 Å². The van der Waals surface area contributed by atoms with Crippen molar-refractivity contribution in [3.63, 3.8) is 0 Å². The van der Waals surface area contributed by atoms with Gasteiger partial charge in [-0.25, -0.2) is 0 Å². The number of aliphatic hydroxyl groups excluding tert-OH is 4. The van der Waals surface area contributed by atoms with Crippen LogP contribution < -0.4 is 0 Å². The van der Waals surface area contributed by atoms with E-state index in [0.29, 0.717) is 0 Å². The van der Waals surface area contributed by atoms with Gasteiger partial charge in [0.15, 0.2) is 0 Å². The number of hydrogen-bond acceptors (Lipinski definition) is 9. The average Bonchev–Trinajstić information content (AvgIpc) is 2.41. The van der Waals surface area contributed by atoms with E-state index in [9.17, 15) is 19.8 Å². The lowest BCUT2D eigenvalue weighted by molar-refractivity contribution is -0.151. The molecule has 4 N–H and O–H groups in total. The number of carbonyl (C=O) groups is 2. The fourth-order valence-corrected chi connectivity index (χ4v) is 1.41. The van der Waals surface area contributed by atoms with Crippen LogP contribution in [-0.2, 0) is 23.8 Å². The summed E-state index contributed by atoms with van der Waals surface area (Å²) in [5.41, 5.74) is 0. The Balaban J connectivity index is 3.68. The normalized spacial score (nSPS) is 16.3. The van der Waals surface area contributed by atoms with E-state index >= 15 is 0 Å². The largest absolute Gasteiger partial charge is 0.463 e. The van der Waals surface area contributed by atoms with Gasteiger partial charge < -0.3 is 34.6 Å². The molecule has 23 heavy (non-hydrogen) atoms. The second-order valence-corrected chi connectivity index (χ2v) is 5.32. The predicted octanol–water partition coefficient (Wildman–Crippen LogP) is -1.65. The molecule has 0 fully saturated rings. The number of aliphatic hydroxyl groups is 4. The molecule has 0 aliphatic rings. The van der Waals surface area contributed by atoms with Crippen LogP contribution in [0.25, 0.3) is 0 Å².